The van der Waals surface area contributed by atoms with Crippen LogP contribution in [-0.4, -0.2) is 10.1 Å². The summed E-state index contributed by atoms with van der Waals surface area (Å²) >= 11 is 0. The van der Waals surface area contributed by atoms with E-state index in [-0.39, 0.29) is 5.41 Å². The van der Waals surface area contributed by atoms with Crippen molar-refractivity contribution < 1.29 is 4.52 Å². The van der Waals surface area contributed by atoms with Gasteiger partial charge in [0.2, 0.25) is 0 Å². The molecule has 0 bridgehead atoms. The predicted octanol–water partition coefficient (Wildman–Crippen LogP) is 2.68. The van der Waals surface area contributed by atoms with Gasteiger partial charge in [-0.3, -0.25) is 0 Å². The van der Waals surface area contributed by atoms with E-state index in [9.17, 15) is 0 Å². The summed E-state index contributed by atoms with van der Waals surface area (Å²) in [6, 6.07) is 5.72. The van der Waals surface area contributed by atoms with Crippen molar-refractivity contribution in [3.05, 3.63) is 29.6 Å². The zero-order chi connectivity index (χ0) is 12.0. The number of nitrogens with two attached hydrogens (primary N) is 1. The van der Waals surface area contributed by atoms with E-state index in [1.807, 2.05) is 25.1 Å². The minimum atomic E-state index is 0.135. The van der Waals surface area contributed by atoms with E-state index in [1.165, 1.54) is 0 Å². The summed E-state index contributed by atoms with van der Waals surface area (Å²) in [5, 5.41) is 4.07. The van der Waals surface area contributed by atoms with Crippen LogP contribution in [0.1, 0.15) is 31.2 Å². The number of aromatic nitrogens is 2. The van der Waals surface area contributed by atoms with Crippen molar-refractivity contribution in [2.75, 3.05) is 5.73 Å². The molecule has 1 aliphatic rings. The number of hydrogen-bond acceptors (Lipinski definition) is 4. The molecular weight excluding hydrogens is 214 g/mol. The van der Waals surface area contributed by atoms with Gasteiger partial charge in [0.15, 0.2) is 5.82 Å². The van der Waals surface area contributed by atoms with E-state index in [1.54, 1.807) is 0 Å². The summed E-state index contributed by atoms with van der Waals surface area (Å²) in [5.74, 6) is 1.38. The van der Waals surface area contributed by atoms with E-state index in [0.717, 1.165) is 29.8 Å². The van der Waals surface area contributed by atoms with Crippen molar-refractivity contribution >= 4 is 5.69 Å². The van der Waals surface area contributed by atoms with Crippen LogP contribution in [0.2, 0.25) is 0 Å². The zero-order valence-corrected chi connectivity index (χ0v) is 10.0. The fourth-order valence-electron chi connectivity index (χ4n) is 1.86. The molecular formula is C13H15N3O. The average Bonchev–Trinajstić information content (AvgIpc) is 2.88. The molecule has 1 saturated carbocycles. The topological polar surface area (TPSA) is 64.9 Å². The molecule has 0 amide bonds. The number of nitrogen functional groups attached to an aromatic ring is 1. The third-order valence-corrected chi connectivity index (χ3v) is 3.46. The Bertz CT molecular complexity index is 570. The van der Waals surface area contributed by atoms with Crippen LogP contribution in [0.15, 0.2) is 22.7 Å². The molecule has 17 heavy (non-hydrogen) atoms. The molecule has 1 aliphatic carbocycles. The smallest absolute Gasteiger partial charge is 0.258 e. The van der Waals surface area contributed by atoms with Gasteiger partial charge in [0.25, 0.3) is 5.89 Å². The summed E-state index contributed by atoms with van der Waals surface area (Å²) < 4.78 is 5.34. The lowest BCUT2D eigenvalue weighted by Crippen LogP contribution is -2.01. The minimum absolute atomic E-state index is 0.135. The van der Waals surface area contributed by atoms with Crippen molar-refractivity contribution in [2.45, 2.75) is 32.1 Å². The Morgan fingerprint density at radius 1 is 1.35 bits per heavy atom. The van der Waals surface area contributed by atoms with Gasteiger partial charge < -0.3 is 10.3 Å². The Kier molecular flexibility index (Phi) is 2.02. The second-order valence-corrected chi connectivity index (χ2v) is 5.06. The van der Waals surface area contributed by atoms with E-state index in [0.29, 0.717) is 11.6 Å². The van der Waals surface area contributed by atoms with Crippen molar-refractivity contribution in [3.63, 3.8) is 0 Å². The van der Waals surface area contributed by atoms with Gasteiger partial charge in [-0.05, 0) is 37.5 Å². The number of anilines is 1. The Labute approximate surface area is 99.8 Å². The van der Waals surface area contributed by atoms with Crippen LogP contribution in [0.5, 0.6) is 0 Å². The minimum Gasteiger partial charge on any atom is -0.399 e. The monoisotopic (exact) mass is 229 g/mol. The first kappa shape index (κ1) is 10.3. The Balaban J connectivity index is 2.03. The first-order chi connectivity index (χ1) is 8.08. The first-order valence-electron chi connectivity index (χ1n) is 5.79. The molecule has 4 heteroatoms. The van der Waals surface area contributed by atoms with Gasteiger partial charge in [-0.2, -0.15) is 4.98 Å². The number of rotatable bonds is 2. The van der Waals surface area contributed by atoms with E-state index in [4.69, 9.17) is 10.3 Å². The summed E-state index contributed by atoms with van der Waals surface area (Å²) in [4.78, 5) is 4.48. The molecule has 0 saturated heterocycles. The molecule has 1 aromatic heterocycles. The second kappa shape index (κ2) is 3.32. The summed E-state index contributed by atoms with van der Waals surface area (Å²) in [6.45, 7) is 4.17. The number of aryl methyl sites for hydroxylation is 1. The standard InChI is InChI=1S/C13H15N3O/c1-8-3-4-9(14)7-10(8)11-15-12(16-17-11)13(2)5-6-13/h3-4,7H,5-6,14H2,1-2H3. The quantitative estimate of drug-likeness (QED) is 0.804. The lowest BCUT2D eigenvalue weighted by Gasteiger charge is -2.01. The molecule has 1 aromatic carbocycles. The van der Waals surface area contributed by atoms with E-state index in [2.05, 4.69) is 17.1 Å². The normalized spacial score (nSPS) is 17.1. The van der Waals surface area contributed by atoms with Gasteiger partial charge in [0.05, 0.1) is 0 Å². The van der Waals surface area contributed by atoms with Gasteiger partial charge in [-0.25, -0.2) is 0 Å². The van der Waals surface area contributed by atoms with Crippen molar-refractivity contribution in [2.24, 2.45) is 0 Å². The third-order valence-electron chi connectivity index (χ3n) is 3.46. The maximum atomic E-state index is 5.78. The van der Waals surface area contributed by atoms with Crippen molar-refractivity contribution in [3.8, 4) is 11.5 Å². The molecule has 2 aromatic rings. The molecule has 0 unspecified atom stereocenters. The van der Waals surface area contributed by atoms with Gasteiger partial charge in [0.1, 0.15) is 0 Å². The zero-order valence-electron chi connectivity index (χ0n) is 10.0. The van der Waals surface area contributed by atoms with Gasteiger partial charge >= 0.3 is 0 Å². The number of hydrogen-bond donors (Lipinski definition) is 1. The SMILES string of the molecule is Cc1ccc(N)cc1-c1nc(C2(C)CC2)no1. The van der Waals surface area contributed by atoms with Crippen molar-refractivity contribution in [1.29, 1.82) is 0 Å². The molecule has 0 atom stereocenters. The van der Waals surface area contributed by atoms with Gasteiger partial charge in [-0.1, -0.05) is 18.1 Å². The fraction of sp³-hybridized carbons (Fsp3) is 0.385. The molecule has 3 rings (SSSR count). The van der Waals surface area contributed by atoms with E-state index >= 15 is 0 Å². The van der Waals surface area contributed by atoms with Crippen LogP contribution >= 0.6 is 0 Å². The average molecular weight is 229 g/mol. The number of benzene rings is 1. The summed E-state index contributed by atoms with van der Waals surface area (Å²) in [7, 11) is 0. The van der Waals surface area contributed by atoms with Crippen LogP contribution < -0.4 is 5.73 Å². The number of nitrogens with zero attached hydrogens (tertiary/aromatic N) is 2. The Morgan fingerprint density at radius 2 is 2.12 bits per heavy atom. The third kappa shape index (κ3) is 1.69. The Hall–Kier alpha value is -1.84. The highest BCUT2D eigenvalue weighted by Gasteiger charge is 2.43. The summed E-state index contributed by atoms with van der Waals surface area (Å²) in [6.07, 6.45) is 2.28. The van der Waals surface area contributed by atoms with Crippen LogP contribution in [0.3, 0.4) is 0 Å². The largest absolute Gasteiger partial charge is 0.399 e. The Morgan fingerprint density at radius 3 is 2.82 bits per heavy atom. The van der Waals surface area contributed by atoms with Gasteiger partial charge in [0, 0.05) is 16.7 Å². The van der Waals surface area contributed by atoms with Crippen LogP contribution in [-0.2, 0) is 5.41 Å². The molecule has 0 radical (unpaired) electrons. The van der Waals surface area contributed by atoms with Crippen LogP contribution in [0.25, 0.3) is 11.5 Å². The fourth-order valence-corrected chi connectivity index (χ4v) is 1.86. The highest BCUT2D eigenvalue weighted by molar-refractivity contribution is 5.64. The molecule has 88 valence electrons. The molecule has 4 nitrogen and oxygen atoms in total. The lowest BCUT2D eigenvalue weighted by molar-refractivity contribution is 0.415. The molecule has 0 spiro atoms. The maximum absolute atomic E-state index is 5.78. The highest BCUT2D eigenvalue weighted by Crippen LogP contribution is 2.46. The second-order valence-electron chi connectivity index (χ2n) is 5.06. The lowest BCUT2D eigenvalue weighted by atomic mass is 10.1. The molecule has 1 fully saturated rings. The highest BCUT2D eigenvalue weighted by atomic mass is 16.5. The van der Waals surface area contributed by atoms with Crippen LogP contribution in [0, 0.1) is 6.92 Å². The first-order valence-corrected chi connectivity index (χ1v) is 5.79. The van der Waals surface area contributed by atoms with E-state index < -0.39 is 0 Å². The maximum Gasteiger partial charge on any atom is 0.258 e. The van der Waals surface area contributed by atoms with Crippen LogP contribution in [0.4, 0.5) is 5.69 Å². The molecule has 1 heterocycles. The molecule has 2 N–H and O–H groups in total. The van der Waals surface area contributed by atoms with Gasteiger partial charge in [-0.15, -0.1) is 0 Å². The predicted molar refractivity (Wildman–Crippen MR) is 65.5 cm³/mol. The van der Waals surface area contributed by atoms with Crippen molar-refractivity contribution in [1.82, 2.24) is 10.1 Å². The summed E-state index contributed by atoms with van der Waals surface area (Å²) in [5.41, 5.74) is 8.64. The molecule has 0 aliphatic heterocycles.